The van der Waals surface area contributed by atoms with E-state index in [-0.39, 0.29) is 5.91 Å². The molecule has 0 aliphatic rings. The minimum absolute atomic E-state index is 0.0393. The van der Waals surface area contributed by atoms with Gasteiger partial charge in [-0.2, -0.15) is 0 Å². The van der Waals surface area contributed by atoms with Crippen LogP contribution in [0.1, 0.15) is 30.1 Å². The first-order valence-corrected chi connectivity index (χ1v) is 6.93. The van der Waals surface area contributed by atoms with Gasteiger partial charge in [0.1, 0.15) is 0 Å². The highest BCUT2D eigenvalue weighted by Gasteiger charge is 2.04. The molecule has 0 aromatic heterocycles. The molecule has 0 spiro atoms. The smallest absolute Gasteiger partial charge is 0.251 e. The van der Waals surface area contributed by atoms with Crippen LogP contribution in [0.25, 0.3) is 0 Å². The lowest BCUT2D eigenvalue weighted by molar-refractivity contribution is 0.0912. The van der Waals surface area contributed by atoms with Crippen LogP contribution in [0, 0.1) is 3.57 Å². The number of hydrogen-bond acceptors (Lipinski definition) is 2. The van der Waals surface area contributed by atoms with Gasteiger partial charge in [-0.25, -0.2) is 0 Å². The molecule has 0 radical (unpaired) electrons. The summed E-state index contributed by atoms with van der Waals surface area (Å²) < 4.78 is 6.43. The van der Waals surface area contributed by atoms with Crippen molar-refractivity contribution in [1.29, 1.82) is 0 Å². The van der Waals surface area contributed by atoms with Crippen LogP contribution >= 0.6 is 22.6 Å². The summed E-state index contributed by atoms with van der Waals surface area (Å²) in [6.07, 6.45) is 2.21. The highest BCUT2D eigenvalue weighted by molar-refractivity contribution is 14.1. The van der Waals surface area contributed by atoms with Crippen LogP contribution < -0.4 is 5.32 Å². The molecular formula is C13H18INO2. The number of carbonyl (C=O) groups is 1. The number of rotatable bonds is 7. The molecule has 0 saturated carbocycles. The molecule has 0 atom stereocenters. The number of nitrogens with one attached hydrogen (secondary N) is 1. The Balaban J connectivity index is 2.21. The van der Waals surface area contributed by atoms with Gasteiger partial charge in [0.25, 0.3) is 5.91 Å². The summed E-state index contributed by atoms with van der Waals surface area (Å²) in [7, 11) is 0. The molecule has 1 N–H and O–H groups in total. The number of halogens is 1. The fourth-order valence-electron chi connectivity index (χ4n) is 1.32. The van der Waals surface area contributed by atoms with E-state index in [9.17, 15) is 4.79 Å². The number of unbranched alkanes of at least 4 members (excludes halogenated alkanes) is 1. The van der Waals surface area contributed by atoms with Gasteiger partial charge in [0.15, 0.2) is 0 Å². The Morgan fingerprint density at radius 1 is 1.41 bits per heavy atom. The van der Waals surface area contributed by atoms with Crippen LogP contribution in [-0.4, -0.2) is 25.7 Å². The molecule has 0 heterocycles. The predicted octanol–water partition coefficient (Wildman–Crippen LogP) is 2.84. The Labute approximate surface area is 116 Å². The molecule has 1 aromatic carbocycles. The van der Waals surface area contributed by atoms with Crippen molar-refractivity contribution < 1.29 is 9.53 Å². The van der Waals surface area contributed by atoms with Crippen LogP contribution in [0.15, 0.2) is 24.3 Å². The van der Waals surface area contributed by atoms with Crippen molar-refractivity contribution in [2.24, 2.45) is 0 Å². The number of amides is 1. The predicted molar refractivity (Wildman–Crippen MR) is 77.2 cm³/mol. The zero-order chi connectivity index (χ0) is 12.5. The van der Waals surface area contributed by atoms with E-state index >= 15 is 0 Å². The molecule has 4 heteroatoms. The van der Waals surface area contributed by atoms with Gasteiger partial charge in [0.2, 0.25) is 0 Å². The van der Waals surface area contributed by atoms with Gasteiger partial charge in [0.05, 0.1) is 6.61 Å². The molecule has 94 valence electrons. The molecule has 17 heavy (non-hydrogen) atoms. The van der Waals surface area contributed by atoms with Crippen molar-refractivity contribution in [3.8, 4) is 0 Å². The summed E-state index contributed by atoms with van der Waals surface area (Å²) in [4.78, 5) is 11.7. The molecule has 1 rings (SSSR count). The van der Waals surface area contributed by atoms with E-state index in [2.05, 4.69) is 34.8 Å². The lowest BCUT2D eigenvalue weighted by Gasteiger charge is -2.06. The summed E-state index contributed by atoms with van der Waals surface area (Å²) in [6, 6.07) is 7.53. The maximum atomic E-state index is 11.7. The van der Waals surface area contributed by atoms with E-state index < -0.39 is 0 Å². The highest BCUT2D eigenvalue weighted by atomic mass is 127. The first-order valence-electron chi connectivity index (χ1n) is 5.85. The van der Waals surface area contributed by atoms with E-state index in [0.29, 0.717) is 18.7 Å². The lowest BCUT2D eigenvalue weighted by atomic mass is 10.2. The van der Waals surface area contributed by atoms with E-state index in [1.807, 2.05) is 24.3 Å². The number of carbonyl (C=O) groups excluding carboxylic acids is 1. The molecule has 1 amide bonds. The van der Waals surface area contributed by atoms with Crippen molar-refractivity contribution in [2.75, 3.05) is 19.8 Å². The van der Waals surface area contributed by atoms with Gasteiger partial charge in [-0.3, -0.25) is 4.79 Å². The number of benzene rings is 1. The second kappa shape index (κ2) is 8.47. The number of hydrogen-bond donors (Lipinski definition) is 1. The van der Waals surface area contributed by atoms with Crippen molar-refractivity contribution >= 4 is 28.5 Å². The van der Waals surface area contributed by atoms with Crippen LogP contribution in [0.4, 0.5) is 0 Å². The minimum atomic E-state index is -0.0393. The molecule has 1 aromatic rings. The van der Waals surface area contributed by atoms with Gasteiger partial charge < -0.3 is 10.1 Å². The second-order valence-corrected chi connectivity index (χ2v) is 4.98. The van der Waals surface area contributed by atoms with Crippen molar-refractivity contribution in [3.63, 3.8) is 0 Å². The fourth-order valence-corrected chi connectivity index (χ4v) is 1.86. The third-order valence-electron chi connectivity index (χ3n) is 2.26. The van der Waals surface area contributed by atoms with E-state index in [4.69, 9.17) is 4.74 Å². The zero-order valence-electron chi connectivity index (χ0n) is 10.0. The SMILES string of the molecule is CCCCOCCNC(=O)c1cccc(I)c1. The molecule has 3 nitrogen and oxygen atoms in total. The molecule has 0 aliphatic carbocycles. The van der Waals surface area contributed by atoms with Crippen molar-refractivity contribution in [2.45, 2.75) is 19.8 Å². The monoisotopic (exact) mass is 347 g/mol. The Morgan fingerprint density at radius 3 is 2.94 bits per heavy atom. The third-order valence-corrected chi connectivity index (χ3v) is 2.93. The molecular weight excluding hydrogens is 329 g/mol. The van der Waals surface area contributed by atoms with Gasteiger partial charge in [-0.15, -0.1) is 0 Å². The Hall–Kier alpha value is -0.620. The van der Waals surface area contributed by atoms with Crippen molar-refractivity contribution in [1.82, 2.24) is 5.32 Å². The third kappa shape index (κ3) is 6.02. The quantitative estimate of drug-likeness (QED) is 0.609. The van der Waals surface area contributed by atoms with Gasteiger partial charge in [0, 0.05) is 22.3 Å². The first-order chi connectivity index (χ1) is 8.24. The van der Waals surface area contributed by atoms with Crippen LogP contribution in [-0.2, 0) is 4.74 Å². The van der Waals surface area contributed by atoms with Crippen LogP contribution in [0.5, 0.6) is 0 Å². The summed E-state index contributed by atoms with van der Waals surface area (Å²) in [5.41, 5.74) is 0.699. The minimum Gasteiger partial charge on any atom is -0.380 e. The largest absolute Gasteiger partial charge is 0.380 e. The van der Waals surface area contributed by atoms with Crippen LogP contribution in [0.3, 0.4) is 0 Å². The van der Waals surface area contributed by atoms with E-state index in [1.165, 1.54) is 0 Å². The average molecular weight is 347 g/mol. The molecule has 0 fully saturated rings. The molecule has 0 bridgehead atoms. The second-order valence-electron chi connectivity index (χ2n) is 3.73. The fraction of sp³-hybridized carbons (Fsp3) is 0.462. The van der Waals surface area contributed by atoms with E-state index in [0.717, 1.165) is 23.0 Å². The first kappa shape index (κ1) is 14.4. The maximum Gasteiger partial charge on any atom is 0.251 e. The summed E-state index contributed by atoms with van der Waals surface area (Å²) in [5.74, 6) is -0.0393. The summed E-state index contributed by atoms with van der Waals surface area (Å²) in [5, 5.41) is 2.84. The Morgan fingerprint density at radius 2 is 2.24 bits per heavy atom. The topological polar surface area (TPSA) is 38.3 Å². The summed E-state index contributed by atoms with van der Waals surface area (Å²) >= 11 is 2.19. The number of ether oxygens (including phenoxy) is 1. The average Bonchev–Trinajstić information content (AvgIpc) is 2.33. The summed E-state index contributed by atoms with van der Waals surface area (Å²) in [6.45, 7) is 4.04. The Bertz CT molecular complexity index is 355. The van der Waals surface area contributed by atoms with E-state index in [1.54, 1.807) is 0 Å². The Kier molecular flexibility index (Phi) is 7.19. The van der Waals surface area contributed by atoms with Gasteiger partial charge in [-0.05, 0) is 47.2 Å². The maximum absolute atomic E-state index is 11.7. The normalized spacial score (nSPS) is 10.2. The zero-order valence-corrected chi connectivity index (χ0v) is 12.2. The molecule has 0 unspecified atom stereocenters. The van der Waals surface area contributed by atoms with Gasteiger partial charge >= 0.3 is 0 Å². The van der Waals surface area contributed by atoms with Crippen LogP contribution in [0.2, 0.25) is 0 Å². The highest BCUT2D eigenvalue weighted by Crippen LogP contribution is 2.07. The molecule has 0 aliphatic heterocycles. The van der Waals surface area contributed by atoms with Crippen molar-refractivity contribution in [3.05, 3.63) is 33.4 Å². The van der Waals surface area contributed by atoms with Gasteiger partial charge in [-0.1, -0.05) is 19.4 Å². The standard InChI is InChI=1S/C13H18INO2/c1-2-3-8-17-9-7-15-13(16)11-5-4-6-12(14)10-11/h4-6,10H,2-3,7-9H2,1H3,(H,15,16). The lowest BCUT2D eigenvalue weighted by Crippen LogP contribution is -2.27. The molecule has 0 saturated heterocycles.